The maximum absolute atomic E-state index is 13.4. The Bertz CT molecular complexity index is 422. The van der Waals surface area contributed by atoms with Gasteiger partial charge in [0.05, 0.1) is 12.2 Å². The predicted molar refractivity (Wildman–Crippen MR) is 67.6 cm³/mol. The summed E-state index contributed by atoms with van der Waals surface area (Å²) in [5, 5.41) is 22.7. The molecule has 1 aliphatic carbocycles. The summed E-state index contributed by atoms with van der Waals surface area (Å²) < 4.78 is 13.4. The number of nitrogens with one attached hydrogen (secondary N) is 1. The number of aliphatic hydroxyl groups excluding tert-OH is 2. The van der Waals surface area contributed by atoms with Crippen molar-refractivity contribution in [2.75, 3.05) is 6.54 Å². The Kier molecular flexibility index (Phi) is 3.71. The molecule has 1 fully saturated rings. The lowest BCUT2D eigenvalue weighted by molar-refractivity contribution is -0.0749. The summed E-state index contributed by atoms with van der Waals surface area (Å²) in [6, 6.07) is 6.40. The number of hydrogen-bond donors (Lipinski definition) is 3. The average Bonchev–Trinajstić information content (AvgIpc) is 2.34. The van der Waals surface area contributed by atoms with Gasteiger partial charge in [0, 0.05) is 23.6 Å². The molecule has 100 valence electrons. The molecule has 0 spiro atoms. The highest BCUT2D eigenvalue weighted by Crippen LogP contribution is 2.40. The van der Waals surface area contributed by atoms with Gasteiger partial charge in [0.2, 0.25) is 0 Å². The third-order valence-corrected chi connectivity index (χ3v) is 4.04. The maximum Gasteiger partial charge on any atom is 0.129 e. The molecule has 0 radical (unpaired) electrons. The molecule has 3 atom stereocenters. The molecule has 2 rings (SSSR count). The Balaban J connectivity index is 1.90. The van der Waals surface area contributed by atoms with Crippen LogP contribution in [-0.2, 0) is 0 Å². The number of benzene rings is 1. The Morgan fingerprint density at radius 1 is 1.44 bits per heavy atom. The number of rotatable bonds is 4. The van der Waals surface area contributed by atoms with Crippen LogP contribution in [0.2, 0.25) is 0 Å². The van der Waals surface area contributed by atoms with E-state index in [-0.39, 0.29) is 23.4 Å². The minimum Gasteiger partial charge on any atom is -0.392 e. The second-order valence-electron chi connectivity index (χ2n) is 5.57. The Hall–Kier alpha value is -0.970. The molecule has 18 heavy (non-hydrogen) atoms. The fraction of sp³-hybridized carbons (Fsp3) is 0.571. The van der Waals surface area contributed by atoms with Crippen LogP contribution in [0.15, 0.2) is 24.3 Å². The molecule has 1 aliphatic rings. The molecule has 0 bridgehead atoms. The number of hydrogen-bond acceptors (Lipinski definition) is 3. The van der Waals surface area contributed by atoms with Gasteiger partial charge in [-0.15, -0.1) is 0 Å². The highest BCUT2D eigenvalue weighted by molar-refractivity contribution is 5.20. The van der Waals surface area contributed by atoms with Gasteiger partial charge in [0.25, 0.3) is 0 Å². The summed E-state index contributed by atoms with van der Waals surface area (Å²) in [5.41, 5.74) is 0.122. The lowest BCUT2D eigenvalue weighted by atomic mass is 9.64. The molecule has 1 saturated carbocycles. The van der Waals surface area contributed by atoms with E-state index in [9.17, 15) is 14.6 Å². The number of aliphatic hydroxyl groups is 2. The van der Waals surface area contributed by atoms with Gasteiger partial charge < -0.3 is 15.5 Å². The summed E-state index contributed by atoms with van der Waals surface area (Å²) in [6.07, 6.45) is -0.489. The van der Waals surface area contributed by atoms with Crippen molar-refractivity contribution >= 4 is 0 Å². The molecule has 0 saturated heterocycles. The maximum atomic E-state index is 13.4. The molecule has 1 aromatic rings. The smallest absolute Gasteiger partial charge is 0.129 e. The quantitative estimate of drug-likeness (QED) is 0.764. The van der Waals surface area contributed by atoms with Crippen molar-refractivity contribution < 1.29 is 14.6 Å². The minimum atomic E-state index is -0.861. The van der Waals surface area contributed by atoms with Crippen LogP contribution in [-0.4, -0.2) is 28.9 Å². The Labute approximate surface area is 107 Å². The SMILES string of the molecule is CC1(C)C(O)CC1NCC(O)c1ccccc1F. The van der Waals surface area contributed by atoms with Crippen LogP contribution in [0.25, 0.3) is 0 Å². The van der Waals surface area contributed by atoms with E-state index < -0.39 is 6.10 Å². The zero-order chi connectivity index (χ0) is 13.3. The standard InChI is InChI=1S/C14H20FNO2/c1-14(2)12(7-13(14)18)16-8-11(17)9-5-3-4-6-10(9)15/h3-6,11-13,16-18H,7-8H2,1-2H3. The van der Waals surface area contributed by atoms with Crippen molar-refractivity contribution in [1.82, 2.24) is 5.32 Å². The fourth-order valence-corrected chi connectivity index (χ4v) is 2.36. The van der Waals surface area contributed by atoms with Crippen LogP contribution in [0, 0.1) is 11.2 Å². The highest BCUT2D eigenvalue weighted by Gasteiger charge is 2.46. The highest BCUT2D eigenvalue weighted by atomic mass is 19.1. The molecule has 3 nitrogen and oxygen atoms in total. The van der Waals surface area contributed by atoms with Gasteiger partial charge in [-0.05, 0) is 12.5 Å². The molecule has 0 aromatic heterocycles. The molecule has 3 N–H and O–H groups in total. The molecule has 3 unspecified atom stereocenters. The van der Waals surface area contributed by atoms with E-state index in [1.807, 2.05) is 13.8 Å². The normalized spacial score (nSPS) is 27.6. The Morgan fingerprint density at radius 2 is 2.11 bits per heavy atom. The third-order valence-electron chi connectivity index (χ3n) is 4.04. The van der Waals surface area contributed by atoms with E-state index >= 15 is 0 Å². The van der Waals surface area contributed by atoms with Crippen molar-refractivity contribution in [1.29, 1.82) is 0 Å². The van der Waals surface area contributed by atoms with E-state index in [1.54, 1.807) is 18.2 Å². The summed E-state index contributed by atoms with van der Waals surface area (Å²) in [7, 11) is 0. The van der Waals surface area contributed by atoms with Gasteiger partial charge >= 0.3 is 0 Å². The van der Waals surface area contributed by atoms with E-state index in [1.165, 1.54) is 6.07 Å². The zero-order valence-corrected chi connectivity index (χ0v) is 10.7. The summed E-state index contributed by atoms with van der Waals surface area (Å²) >= 11 is 0. The molecular weight excluding hydrogens is 233 g/mol. The van der Waals surface area contributed by atoms with Crippen LogP contribution >= 0.6 is 0 Å². The van der Waals surface area contributed by atoms with Crippen molar-refractivity contribution in [2.45, 2.75) is 38.5 Å². The van der Waals surface area contributed by atoms with Crippen molar-refractivity contribution in [2.24, 2.45) is 5.41 Å². The monoisotopic (exact) mass is 253 g/mol. The van der Waals surface area contributed by atoms with E-state index in [0.717, 1.165) is 0 Å². The Morgan fingerprint density at radius 3 is 2.67 bits per heavy atom. The summed E-state index contributed by atoms with van der Waals surface area (Å²) in [5.74, 6) is -0.389. The number of halogens is 1. The van der Waals surface area contributed by atoms with Gasteiger partial charge in [-0.3, -0.25) is 0 Å². The van der Waals surface area contributed by atoms with Crippen LogP contribution < -0.4 is 5.32 Å². The summed E-state index contributed by atoms with van der Waals surface area (Å²) in [6.45, 7) is 4.25. The largest absolute Gasteiger partial charge is 0.392 e. The van der Waals surface area contributed by atoms with E-state index in [2.05, 4.69) is 5.32 Å². The second kappa shape index (κ2) is 4.96. The van der Waals surface area contributed by atoms with Gasteiger partial charge in [0.15, 0.2) is 0 Å². The van der Waals surface area contributed by atoms with Crippen LogP contribution in [0.1, 0.15) is 31.9 Å². The van der Waals surface area contributed by atoms with Crippen molar-refractivity contribution in [3.63, 3.8) is 0 Å². The van der Waals surface area contributed by atoms with Crippen molar-refractivity contribution in [3.05, 3.63) is 35.6 Å². The zero-order valence-electron chi connectivity index (χ0n) is 10.7. The second-order valence-corrected chi connectivity index (χ2v) is 5.57. The first-order valence-corrected chi connectivity index (χ1v) is 6.27. The molecule has 1 aromatic carbocycles. The predicted octanol–water partition coefficient (Wildman–Crippen LogP) is 1.61. The molecule has 0 heterocycles. The first-order chi connectivity index (χ1) is 8.43. The topological polar surface area (TPSA) is 52.5 Å². The third kappa shape index (κ3) is 2.41. The lowest BCUT2D eigenvalue weighted by Gasteiger charge is -2.50. The van der Waals surface area contributed by atoms with Crippen LogP contribution in [0.5, 0.6) is 0 Å². The van der Waals surface area contributed by atoms with Crippen molar-refractivity contribution in [3.8, 4) is 0 Å². The average molecular weight is 253 g/mol. The molecule has 4 heteroatoms. The first kappa shape index (κ1) is 13.5. The lowest BCUT2D eigenvalue weighted by Crippen LogP contribution is -2.60. The fourth-order valence-electron chi connectivity index (χ4n) is 2.36. The first-order valence-electron chi connectivity index (χ1n) is 6.27. The molecular formula is C14H20FNO2. The molecule has 0 aliphatic heterocycles. The van der Waals surface area contributed by atoms with Crippen LogP contribution in [0.4, 0.5) is 4.39 Å². The minimum absolute atomic E-state index is 0.161. The van der Waals surface area contributed by atoms with Gasteiger partial charge in [-0.2, -0.15) is 0 Å². The van der Waals surface area contributed by atoms with Gasteiger partial charge in [0.1, 0.15) is 5.82 Å². The van der Waals surface area contributed by atoms with Gasteiger partial charge in [-0.1, -0.05) is 32.0 Å². The van der Waals surface area contributed by atoms with E-state index in [0.29, 0.717) is 18.5 Å². The van der Waals surface area contributed by atoms with Gasteiger partial charge in [-0.25, -0.2) is 4.39 Å². The summed E-state index contributed by atoms with van der Waals surface area (Å²) in [4.78, 5) is 0. The van der Waals surface area contributed by atoms with Crippen LogP contribution in [0.3, 0.4) is 0 Å². The molecule has 0 amide bonds. The van der Waals surface area contributed by atoms with E-state index in [4.69, 9.17) is 0 Å².